The molecule has 0 bridgehead atoms. The number of hydrogen-bond donors (Lipinski definition) is 2. The van der Waals surface area contributed by atoms with Gasteiger partial charge < -0.3 is 10.4 Å². The van der Waals surface area contributed by atoms with E-state index < -0.39 is 0 Å². The Morgan fingerprint density at radius 1 is 1.38 bits per heavy atom. The van der Waals surface area contributed by atoms with Gasteiger partial charge in [0.25, 0.3) is 5.91 Å². The summed E-state index contributed by atoms with van der Waals surface area (Å²) in [6, 6.07) is 11.5. The molecule has 1 aromatic carbocycles. The molecule has 2 aromatic rings. The van der Waals surface area contributed by atoms with Crippen LogP contribution in [0.2, 0.25) is 0 Å². The molecule has 1 aromatic heterocycles. The molecule has 0 unspecified atom stereocenters. The highest BCUT2D eigenvalue weighted by molar-refractivity contribution is 5.92. The monoisotopic (exact) mass is 287 g/mol. The van der Waals surface area contributed by atoms with E-state index in [9.17, 15) is 4.79 Å². The molecule has 0 fully saturated rings. The SMILES string of the molecule is Cc1cc(C(=O)N[C@H](CCCO)c2ccccc2)n(C)n1. The van der Waals surface area contributed by atoms with Crippen LogP contribution in [-0.2, 0) is 7.05 Å². The van der Waals surface area contributed by atoms with Gasteiger partial charge in [-0.15, -0.1) is 0 Å². The van der Waals surface area contributed by atoms with E-state index >= 15 is 0 Å². The van der Waals surface area contributed by atoms with Crippen molar-refractivity contribution in [2.24, 2.45) is 7.05 Å². The maximum Gasteiger partial charge on any atom is 0.270 e. The summed E-state index contributed by atoms with van der Waals surface area (Å²) in [4.78, 5) is 12.4. The summed E-state index contributed by atoms with van der Waals surface area (Å²) in [5.74, 6) is -0.148. The first kappa shape index (κ1) is 15.3. The van der Waals surface area contributed by atoms with Gasteiger partial charge in [0.2, 0.25) is 0 Å². The minimum atomic E-state index is -0.148. The molecular weight excluding hydrogens is 266 g/mol. The molecule has 0 spiro atoms. The van der Waals surface area contributed by atoms with E-state index in [4.69, 9.17) is 5.11 Å². The zero-order valence-corrected chi connectivity index (χ0v) is 12.4. The Bertz CT molecular complexity index is 593. The third-order valence-corrected chi connectivity index (χ3v) is 3.39. The van der Waals surface area contributed by atoms with Crippen molar-refractivity contribution < 1.29 is 9.90 Å². The molecule has 0 saturated carbocycles. The van der Waals surface area contributed by atoms with Crippen LogP contribution in [0.25, 0.3) is 0 Å². The van der Waals surface area contributed by atoms with E-state index in [1.54, 1.807) is 17.8 Å². The van der Waals surface area contributed by atoms with Gasteiger partial charge in [0.05, 0.1) is 11.7 Å². The Balaban J connectivity index is 2.15. The van der Waals surface area contributed by atoms with Crippen LogP contribution in [0, 0.1) is 6.92 Å². The van der Waals surface area contributed by atoms with Gasteiger partial charge in [0.1, 0.15) is 5.69 Å². The van der Waals surface area contributed by atoms with Gasteiger partial charge >= 0.3 is 0 Å². The van der Waals surface area contributed by atoms with Gasteiger partial charge in [-0.25, -0.2) is 0 Å². The van der Waals surface area contributed by atoms with Crippen LogP contribution in [0.15, 0.2) is 36.4 Å². The first-order chi connectivity index (χ1) is 10.1. The normalized spacial score (nSPS) is 12.1. The molecule has 2 rings (SSSR count). The van der Waals surface area contributed by atoms with Crippen molar-refractivity contribution >= 4 is 5.91 Å². The lowest BCUT2D eigenvalue weighted by Crippen LogP contribution is -2.30. The van der Waals surface area contributed by atoms with Crippen LogP contribution < -0.4 is 5.32 Å². The Labute approximate surface area is 124 Å². The van der Waals surface area contributed by atoms with Crippen molar-refractivity contribution in [1.82, 2.24) is 15.1 Å². The average molecular weight is 287 g/mol. The quantitative estimate of drug-likeness (QED) is 0.853. The summed E-state index contributed by atoms with van der Waals surface area (Å²) in [5.41, 5.74) is 2.39. The van der Waals surface area contributed by atoms with E-state index in [-0.39, 0.29) is 18.6 Å². The van der Waals surface area contributed by atoms with Gasteiger partial charge in [-0.2, -0.15) is 5.10 Å². The molecule has 5 nitrogen and oxygen atoms in total. The second-order valence-electron chi connectivity index (χ2n) is 5.10. The fraction of sp³-hybridized carbons (Fsp3) is 0.375. The minimum absolute atomic E-state index is 0.110. The second-order valence-corrected chi connectivity index (χ2v) is 5.10. The van der Waals surface area contributed by atoms with Gasteiger partial charge in [0, 0.05) is 13.7 Å². The Kier molecular flexibility index (Phi) is 5.11. The molecule has 1 amide bonds. The topological polar surface area (TPSA) is 67.2 Å². The molecule has 2 N–H and O–H groups in total. The number of nitrogens with zero attached hydrogens (tertiary/aromatic N) is 2. The Morgan fingerprint density at radius 3 is 2.67 bits per heavy atom. The van der Waals surface area contributed by atoms with Crippen LogP contribution in [0.5, 0.6) is 0 Å². The molecule has 1 heterocycles. The lowest BCUT2D eigenvalue weighted by atomic mass is 10.0. The summed E-state index contributed by atoms with van der Waals surface area (Å²) in [7, 11) is 1.76. The highest BCUT2D eigenvalue weighted by Gasteiger charge is 2.18. The van der Waals surface area contributed by atoms with Crippen LogP contribution >= 0.6 is 0 Å². The highest BCUT2D eigenvalue weighted by Crippen LogP contribution is 2.19. The third kappa shape index (κ3) is 3.92. The molecule has 112 valence electrons. The molecule has 0 saturated heterocycles. The number of aryl methyl sites for hydroxylation is 2. The van der Waals surface area contributed by atoms with Gasteiger partial charge in [-0.05, 0) is 31.4 Å². The first-order valence-electron chi connectivity index (χ1n) is 7.09. The molecule has 0 radical (unpaired) electrons. The standard InChI is InChI=1S/C16H21N3O2/c1-12-11-15(19(2)18-12)16(21)17-14(9-6-10-20)13-7-4-3-5-8-13/h3-5,7-8,11,14,20H,6,9-10H2,1-2H3,(H,17,21)/t14-/m1/s1. The predicted octanol–water partition coefficient (Wildman–Crippen LogP) is 1.97. The molecular formula is C16H21N3O2. The fourth-order valence-corrected chi connectivity index (χ4v) is 2.36. The summed E-state index contributed by atoms with van der Waals surface area (Å²) in [5, 5.41) is 16.3. The van der Waals surface area contributed by atoms with Crippen molar-refractivity contribution in [3.8, 4) is 0 Å². The van der Waals surface area contributed by atoms with E-state index in [0.717, 1.165) is 11.3 Å². The number of aliphatic hydroxyl groups excluding tert-OH is 1. The number of nitrogens with one attached hydrogen (secondary N) is 1. The average Bonchev–Trinajstić information content (AvgIpc) is 2.83. The predicted molar refractivity (Wildman–Crippen MR) is 80.9 cm³/mol. The lowest BCUT2D eigenvalue weighted by molar-refractivity contribution is 0.0923. The number of aliphatic hydroxyl groups is 1. The van der Waals surface area contributed by atoms with Crippen molar-refractivity contribution in [3.63, 3.8) is 0 Å². The lowest BCUT2D eigenvalue weighted by Gasteiger charge is -2.19. The Hall–Kier alpha value is -2.14. The third-order valence-electron chi connectivity index (χ3n) is 3.39. The summed E-state index contributed by atoms with van der Waals surface area (Å²) in [6.45, 7) is 1.97. The van der Waals surface area contributed by atoms with Crippen LogP contribution in [0.1, 0.15) is 40.6 Å². The van der Waals surface area contributed by atoms with E-state index in [2.05, 4.69) is 10.4 Å². The zero-order valence-electron chi connectivity index (χ0n) is 12.4. The maximum atomic E-state index is 12.4. The minimum Gasteiger partial charge on any atom is -0.396 e. The van der Waals surface area contributed by atoms with Gasteiger partial charge in [-0.3, -0.25) is 9.48 Å². The number of carbonyl (C=O) groups is 1. The summed E-state index contributed by atoms with van der Waals surface area (Å²) >= 11 is 0. The molecule has 1 atom stereocenters. The number of benzene rings is 1. The molecule has 0 aliphatic heterocycles. The van der Waals surface area contributed by atoms with E-state index in [1.807, 2.05) is 37.3 Å². The number of amides is 1. The van der Waals surface area contributed by atoms with Gasteiger partial charge in [-0.1, -0.05) is 30.3 Å². The van der Waals surface area contributed by atoms with Crippen LogP contribution in [0.3, 0.4) is 0 Å². The maximum absolute atomic E-state index is 12.4. The van der Waals surface area contributed by atoms with Crippen LogP contribution in [-0.4, -0.2) is 27.4 Å². The van der Waals surface area contributed by atoms with E-state index in [0.29, 0.717) is 18.5 Å². The van der Waals surface area contributed by atoms with Crippen LogP contribution in [0.4, 0.5) is 0 Å². The number of rotatable bonds is 6. The smallest absolute Gasteiger partial charge is 0.270 e. The van der Waals surface area contributed by atoms with Crippen molar-refractivity contribution in [2.45, 2.75) is 25.8 Å². The zero-order chi connectivity index (χ0) is 15.2. The number of carbonyl (C=O) groups excluding carboxylic acids is 1. The molecule has 0 aliphatic rings. The second kappa shape index (κ2) is 7.04. The van der Waals surface area contributed by atoms with Crippen molar-refractivity contribution in [1.29, 1.82) is 0 Å². The fourth-order valence-electron chi connectivity index (χ4n) is 2.36. The summed E-state index contributed by atoms with van der Waals surface area (Å²) in [6.07, 6.45) is 1.34. The van der Waals surface area contributed by atoms with Crippen molar-refractivity contribution in [3.05, 3.63) is 53.3 Å². The largest absolute Gasteiger partial charge is 0.396 e. The van der Waals surface area contributed by atoms with Gasteiger partial charge in [0.15, 0.2) is 0 Å². The van der Waals surface area contributed by atoms with E-state index in [1.165, 1.54) is 0 Å². The molecule has 21 heavy (non-hydrogen) atoms. The first-order valence-corrected chi connectivity index (χ1v) is 7.09. The highest BCUT2D eigenvalue weighted by atomic mass is 16.3. The Morgan fingerprint density at radius 2 is 2.10 bits per heavy atom. The molecule has 5 heteroatoms. The van der Waals surface area contributed by atoms with Crippen molar-refractivity contribution in [2.75, 3.05) is 6.61 Å². The number of aromatic nitrogens is 2. The molecule has 0 aliphatic carbocycles. The summed E-state index contributed by atoms with van der Waals surface area (Å²) < 4.78 is 1.58. The number of hydrogen-bond acceptors (Lipinski definition) is 3.